The lowest BCUT2D eigenvalue weighted by atomic mass is 10.1. The molecule has 0 aromatic carbocycles. The number of ether oxygens (including phenoxy) is 3. The van der Waals surface area contributed by atoms with Crippen LogP contribution in [0.4, 0.5) is 0 Å². The fourth-order valence-electron chi connectivity index (χ4n) is 7.60. The molecule has 0 aliphatic heterocycles. The Hall–Kier alpha value is -3.67. The fourth-order valence-corrected chi connectivity index (χ4v) is 7.60. The van der Waals surface area contributed by atoms with Gasteiger partial charge in [0.05, 0.1) is 0 Å². The molecule has 6 nitrogen and oxygen atoms in total. The van der Waals surface area contributed by atoms with Crippen LogP contribution in [0.3, 0.4) is 0 Å². The molecule has 0 amide bonds. The zero-order chi connectivity index (χ0) is 49.3. The van der Waals surface area contributed by atoms with Gasteiger partial charge in [0.15, 0.2) is 6.10 Å². The summed E-state index contributed by atoms with van der Waals surface area (Å²) < 4.78 is 16.8. The zero-order valence-corrected chi connectivity index (χ0v) is 44.3. The molecule has 0 radical (unpaired) electrons. The van der Waals surface area contributed by atoms with Crippen molar-refractivity contribution in [2.24, 2.45) is 0 Å². The molecule has 6 heteroatoms. The molecule has 0 aromatic rings. The smallest absolute Gasteiger partial charge is 0.306 e. The molecule has 0 N–H and O–H groups in total. The first-order valence-electron chi connectivity index (χ1n) is 28.2. The number of carbonyl (C=O) groups is 3. The number of carbonyl (C=O) groups excluding carboxylic acids is 3. The Bertz CT molecular complexity index is 1360. The lowest BCUT2D eigenvalue weighted by Gasteiger charge is -2.18. The second kappa shape index (κ2) is 55.9. The first kappa shape index (κ1) is 64.3. The van der Waals surface area contributed by atoms with Crippen molar-refractivity contribution < 1.29 is 28.6 Å². The topological polar surface area (TPSA) is 78.9 Å². The normalized spacial score (nSPS) is 12.8. The van der Waals surface area contributed by atoms with Crippen molar-refractivity contribution in [2.45, 2.75) is 264 Å². The standard InChI is InChI=1S/C62H104O6/c1-4-7-10-13-16-19-21-23-25-27-29-30-31-32-33-35-36-38-40-43-46-49-52-55-61(64)67-58-59(57-66-60(63)54-51-48-45-42-18-15-12-9-6-3)68-62(65)56-53-50-47-44-41-39-37-34-28-26-24-22-20-17-14-11-8-5-2/h7,10,16,19,23,25-26,28-30,32-33,36,38,43,46,59H,4-6,8-9,11-15,17-18,20-22,24,27,31,34-35,37,39-42,44-45,47-58H2,1-3H3/b10-7-,19-16-,25-23-,28-26-,30-29-,33-32-,38-36-,46-43-. The molecule has 1 atom stereocenters. The molecule has 0 aliphatic carbocycles. The number of unbranched alkanes of at least 4 members (excludes halogenated alkanes) is 23. The highest BCUT2D eigenvalue weighted by molar-refractivity contribution is 5.71. The van der Waals surface area contributed by atoms with Crippen molar-refractivity contribution in [3.8, 4) is 0 Å². The quantitative estimate of drug-likeness (QED) is 0.0262. The van der Waals surface area contributed by atoms with Crippen LogP contribution in [0.15, 0.2) is 97.2 Å². The van der Waals surface area contributed by atoms with Crippen LogP contribution in [-0.4, -0.2) is 37.2 Å². The summed E-state index contributed by atoms with van der Waals surface area (Å²) in [4.78, 5) is 38.0. The third-order valence-corrected chi connectivity index (χ3v) is 11.8. The molecule has 0 aromatic heterocycles. The van der Waals surface area contributed by atoms with Gasteiger partial charge in [-0.15, -0.1) is 0 Å². The highest BCUT2D eigenvalue weighted by Crippen LogP contribution is 2.14. The minimum atomic E-state index is -0.801. The summed E-state index contributed by atoms with van der Waals surface area (Å²) in [6.45, 7) is 6.46. The second-order valence-corrected chi connectivity index (χ2v) is 18.5. The molecule has 0 fully saturated rings. The summed E-state index contributed by atoms with van der Waals surface area (Å²) >= 11 is 0. The molecular formula is C62H104O6. The molecule has 0 heterocycles. The summed E-state index contributed by atoms with van der Waals surface area (Å²) in [6.07, 6.45) is 74.1. The first-order chi connectivity index (χ1) is 33.5. The van der Waals surface area contributed by atoms with Gasteiger partial charge in [0, 0.05) is 19.3 Å². The summed E-state index contributed by atoms with van der Waals surface area (Å²) in [5.41, 5.74) is 0. The lowest BCUT2D eigenvalue weighted by Crippen LogP contribution is -2.30. The van der Waals surface area contributed by atoms with Crippen LogP contribution < -0.4 is 0 Å². The van der Waals surface area contributed by atoms with Crippen molar-refractivity contribution in [3.63, 3.8) is 0 Å². The van der Waals surface area contributed by atoms with Gasteiger partial charge in [-0.25, -0.2) is 0 Å². The monoisotopic (exact) mass is 945 g/mol. The van der Waals surface area contributed by atoms with E-state index >= 15 is 0 Å². The van der Waals surface area contributed by atoms with Crippen LogP contribution in [0.25, 0.3) is 0 Å². The van der Waals surface area contributed by atoms with E-state index in [2.05, 4.69) is 118 Å². The average Bonchev–Trinajstić information content (AvgIpc) is 3.34. The maximum Gasteiger partial charge on any atom is 0.306 e. The molecule has 1 unspecified atom stereocenters. The predicted molar refractivity (Wildman–Crippen MR) is 293 cm³/mol. The number of hydrogen-bond acceptors (Lipinski definition) is 6. The molecule has 0 saturated carbocycles. The molecule has 0 saturated heterocycles. The van der Waals surface area contributed by atoms with E-state index in [9.17, 15) is 14.4 Å². The predicted octanol–water partition coefficient (Wildman–Crippen LogP) is 18.9. The average molecular weight is 946 g/mol. The minimum absolute atomic E-state index is 0.0963. The Balaban J connectivity index is 4.40. The van der Waals surface area contributed by atoms with Gasteiger partial charge in [-0.05, 0) is 96.3 Å². The van der Waals surface area contributed by atoms with E-state index in [0.717, 1.165) is 89.9 Å². The van der Waals surface area contributed by atoms with Crippen LogP contribution >= 0.6 is 0 Å². The van der Waals surface area contributed by atoms with Crippen LogP contribution in [-0.2, 0) is 28.6 Å². The summed E-state index contributed by atoms with van der Waals surface area (Å²) in [5.74, 6) is -0.964. The third kappa shape index (κ3) is 53.3. The highest BCUT2D eigenvalue weighted by atomic mass is 16.6. The summed E-state index contributed by atoms with van der Waals surface area (Å²) in [6, 6.07) is 0. The molecular weight excluding hydrogens is 841 g/mol. The van der Waals surface area contributed by atoms with E-state index in [1.807, 2.05) is 0 Å². The Labute approximate surface area is 419 Å². The second-order valence-electron chi connectivity index (χ2n) is 18.5. The van der Waals surface area contributed by atoms with Crippen molar-refractivity contribution in [2.75, 3.05) is 13.2 Å². The van der Waals surface area contributed by atoms with Gasteiger partial charge in [0.25, 0.3) is 0 Å². The van der Waals surface area contributed by atoms with Gasteiger partial charge in [-0.1, -0.05) is 240 Å². The zero-order valence-electron chi connectivity index (χ0n) is 44.3. The molecule has 0 bridgehead atoms. The minimum Gasteiger partial charge on any atom is -0.462 e. The van der Waals surface area contributed by atoms with E-state index in [-0.39, 0.29) is 37.5 Å². The van der Waals surface area contributed by atoms with Crippen LogP contribution in [0.5, 0.6) is 0 Å². The van der Waals surface area contributed by atoms with Crippen molar-refractivity contribution in [1.29, 1.82) is 0 Å². The van der Waals surface area contributed by atoms with Crippen LogP contribution in [0, 0.1) is 0 Å². The molecule has 388 valence electrons. The van der Waals surface area contributed by atoms with E-state index in [1.54, 1.807) is 0 Å². The van der Waals surface area contributed by atoms with Crippen LogP contribution in [0.2, 0.25) is 0 Å². The first-order valence-corrected chi connectivity index (χ1v) is 28.2. The molecule has 0 rings (SSSR count). The van der Waals surface area contributed by atoms with E-state index < -0.39 is 6.10 Å². The molecule has 0 aliphatic rings. The van der Waals surface area contributed by atoms with E-state index in [4.69, 9.17) is 14.2 Å². The maximum absolute atomic E-state index is 12.8. The van der Waals surface area contributed by atoms with E-state index in [1.165, 1.54) is 122 Å². The number of allylic oxidation sites excluding steroid dienone is 16. The van der Waals surface area contributed by atoms with Gasteiger partial charge in [0.2, 0.25) is 0 Å². The van der Waals surface area contributed by atoms with Crippen molar-refractivity contribution in [1.82, 2.24) is 0 Å². The SMILES string of the molecule is CC/C=C\C/C=C\C/C=C\C/C=C\C/C=C\C/C=C\C/C=C\CCCC(=O)OCC(COC(=O)CCCCCCCCCCC)OC(=O)CCCCCCCCC/C=C\CCCCCCCCC. The van der Waals surface area contributed by atoms with Gasteiger partial charge in [0.1, 0.15) is 13.2 Å². The van der Waals surface area contributed by atoms with Crippen molar-refractivity contribution in [3.05, 3.63) is 97.2 Å². The van der Waals surface area contributed by atoms with Gasteiger partial charge in [-0.2, -0.15) is 0 Å². The fraction of sp³-hybridized carbons (Fsp3) is 0.694. The Morgan fingerprint density at radius 2 is 0.588 bits per heavy atom. The number of hydrogen-bond donors (Lipinski definition) is 0. The maximum atomic E-state index is 12.8. The van der Waals surface area contributed by atoms with Crippen LogP contribution in [0.1, 0.15) is 258 Å². The third-order valence-electron chi connectivity index (χ3n) is 11.8. The molecule has 68 heavy (non-hydrogen) atoms. The summed E-state index contributed by atoms with van der Waals surface area (Å²) in [5, 5.41) is 0. The Kier molecular flexibility index (Phi) is 52.9. The molecule has 0 spiro atoms. The highest BCUT2D eigenvalue weighted by Gasteiger charge is 2.19. The number of rotatable bonds is 50. The Morgan fingerprint density at radius 1 is 0.309 bits per heavy atom. The summed E-state index contributed by atoms with van der Waals surface area (Å²) in [7, 11) is 0. The Morgan fingerprint density at radius 3 is 0.971 bits per heavy atom. The van der Waals surface area contributed by atoms with Gasteiger partial charge >= 0.3 is 17.9 Å². The number of esters is 3. The van der Waals surface area contributed by atoms with Gasteiger partial charge < -0.3 is 14.2 Å². The lowest BCUT2D eigenvalue weighted by molar-refractivity contribution is -0.167. The van der Waals surface area contributed by atoms with Crippen molar-refractivity contribution >= 4 is 17.9 Å². The van der Waals surface area contributed by atoms with Gasteiger partial charge in [-0.3, -0.25) is 14.4 Å². The van der Waals surface area contributed by atoms with E-state index in [0.29, 0.717) is 19.3 Å². The largest absolute Gasteiger partial charge is 0.462 e.